The van der Waals surface area contributed by atoms with Crippen molar-refractivity contribution in [1.29, 1.82) is 5.26 Å². The molecule has 6 heteroatoms. The number of hydrogen-bond donors (Lipinski definition) is 0. The van der Waals surface area contributed by atoms with Gasteiger partial charge in [-0.25, -0.2) is 9.97 Å². The molecule has 0 radical (unpaired) electrons. The minimum atomic E-state index is 0.409. The molecule has 0 aliphatic rings. The minimum Gasteiger partial charge on any atom is -0.454 e. The van der Waals surface area contributed by atoms with Gasteiger partial charge in [0.05, 0.1) is 44.8 Å². The average Bonchev–Trinajstić information content (AvgIpc) is 2.12. The first-order valence-corrected chi connectivity index (χ1v) is 27.9. The molecule has 0 saturated heterocycles. The average molecular weight is 1060 g/mol. The predicted octanol–water partition coefficient (Wildman–Crippen LogP) is 20.1. The van der Waals surface area contributed by atoms with E-state index in [1.54, 1.807) is 0 Å². The van der Waals surface area contributed by atoms with Crippen LogP contribution in [0.15, 0.2) is 290 Å². The van der Waals surface area contributed by atoms with Crippen LogP contribution in [0.25, 0.3) is 155 Å². The van der Waals surface area contributed by atoms with E-state index in [0.717, 1.165) is 127 Å². The summed E-state index contributed by atoms with van der Waals surface area (Å²) in [6.07, 6.45) is 0. The van der Waals surface area contributed by atoms with Crippen molar-refractivity contribution < 1.29 is 4.42 Å². The molecule has 16 rings (SSSR count). The topological polar surface area (TPSA) is 72.6 Å². The van der Waals surface area contributed by atoms with E-state index in [1.807, 2.05) is 54.6 Å². The molecule has 0 aliphatic heterocycles. The summed E-state index contributed by atoms with van der Waals surface area (Å²) >= 11 is 0. The summed E-state index contributed by atoms with van der Waals surface area (Å²) in [5.74, 6) is 0.603. The van der Waals surface area contributed by atoms with Gasteiger partial charge in [0.15, 0.2) is 11.4 Å². The van der Waals surface area contributed by atoms with Gasteiger partial charge in [0.25, 0.3) is 0 Å². The Morgan fingerprint density at radius 2 is 0.699 bits per heavy atom. The summed E-state index contributed by atoms with van der Waals surface area (Å²) in [5, 5.41) is 18.2. The van der Waals surface area contributed by atoms with Crippen LogP contribution in [0.3, 0.4) is 0 Å². The highest BCUT2D eigenvalue weighted by Gasteiger charge is 2.29. The molecule has 0 fully saturated rings. The molecule has 4 aromatic heterocycles. The molecule has 0 saturated carbocycles. The maximum Gasteiger partial charge on any atom is 0.160 e. The second-order valence-electron chi connectivity index (χ2n) is 21.1. The lowest BCUT2D eigenvalue weighted by Crippen LogP contribution is -2.06. The van der Waals surface area contributed by atoms with E-state index in [1.165, 1.54) is 0 Å². The Labute approximate surface area is 478 Å². The van der Waals surface area contributed by atoms with Crippen LogP contribution in [0.4, 0.5) is 0 Å². The number of furan rings is 1. The van der Waals surface area contributed by atoms with Crippen LogP contribution < -0.4 is 0 Å². The second-order valence-corrected chi connectivity index (χ2v) is 21.1. The molecule has 83 heavy (non-hydrogen) atoms. The summed E-state index contributed by atoms with van der Waals surface area (Å²) in [5.41, 5.74) is 20.1. The summed E-state index contributed by atoms with van der Waals surface area (Å²) < 4.78 is 12.0. The first-order chi connectivity index (χ1) is 41.1. The van der Waals surface area contributed by atoms with Gasteiger partial charge in [-0.3, -0.25) is 0 Å². The molecule has 6 nitrogen and oxygen atoms in total. The highest BCUT2D eigenvalue weighted by molar-refractivity contribution is 6.17. The number of benzene rings is 12. The molecule has 0 atom stereocenters. The van der Waals surface area contributed by atoms with Crippen molar-refractivity contribution in [2.75, 3.05) is 0 Å². The largest absolute Gasteiger partial charge is 0.454 e. The van der Waals surface area contributed by atoms with Crippen molar-refractivity contribution in [3.8, 4) is 95.9 Å². The zero-order chi connectivity index (χ0) is 55.0. The van der Waals surface area contributed by atoms with Crippen LogP contribution >= 0.6 is 0 Å². The van der Waals surface area contributed by atoms with Gasteiger partial charge in [-0.1, -0.05) is 218 Å². The van der Waals surface area contributed by atoms with Crippen LogP contribution in [-0.2, 0) is 0 Å². The van der Waals surface area contributed by atoms with E-state index in [4.69, 9.17) is 14.4 Å². The SMILES string of the molecule is N#Cc1c(-n2c3ccc(-c4ccccc4)cc3c3cc(-c4ccccc4)ccc32)c(-n2c3ccc(-c4ccccc4)cc3c3cc(-c4ccccc4)ccc32)cc2c1oc1c(-c3cc(-c4ccccc4)nc(-c4ccccc4)n3)cccc12. The Hall–Kier alpha value is -11.4. The first-order valence-electron chi connectivity index (χ1n) is 27.9. The zero-order valence-electron chi connectivity index (χ0n) is 44.8. The fourth-order valence-electron chi connectivity index (χ4n) is 12.5. The Balaban J connectivity index is 1.04. The van der Waals surface area contributed by atoms with Gasteiger partial charge in [0.1, 0.15) is 17.2 Å². The number of aromatic nitrogens is 4. The smallest absolute Gasteiger partial charge is 0.160 e. The van der Waals surface area contributed by atoms with Crippen molar-refractivity contribution in [2.24, 2.45) is 0 Å². The molecule has 4 heterocycles. The summed E-state index contributed by atoms with van der Waals surface area (Å²) in [4.78, 5) is 10.4. The van der Waals surface area contributed by atoms with E-state index in [0.29, 0.717) is 33.9 Å². The molecule has 0 N–H and O–H groups in total. The first kappa shape index (κ1) is 47.6. The maximum absolute atomic E-state index is 12.2. The molecular weight excluding hydrogens is 1010 g/mol. The predicted molar refractivity (Wildman–Crippen MR) is 341 cm³/mol. The third-order valence-corrected chi connectivity index (χ3v) is 16.4. The molecule has 0 spiro atoms. The summed E-state index contributed by atoms with van der Waals surface area (Å²) in [6, 6.07) is 103. The van der Waals surface area contributed by atoms with Crippen LogP contribution in [0.5, 0.6) is 0 Å². The molecule has 0 amide bonds. The third kappa shape index (κ3) is 7.94. The van der Waals surface area contributed by atoms with Gasteiger partial charge in [-0.05, 0) is 111 Å². The second kappa shape index (κ2) is 19.5. The lowest BCUT2D eigenvalue weighted by atomic mass is 10.0. The van der Waals surface area contributed by atoms with Crippen LogP contribution in [0.2, 0.25) is 0 Å². The van der Waals surface area contributed by atoms with E-state index in [2.05, 4.69) is 246 Å². The Morgan fingerprint density at radius 3 is 1.13 bits per heavy atom. The van der Waals surface area contributed by atoms with Gasteiger partial charge < -0.3 is 13.6 Å². The maximum atomic E-state index is 12.2. The molecule has 0 bridgehead atoms. The standard InChI is InChI=1S/C77H47N5O/c78-48-66-74(82-71-40-36-57(51-24-11-3-12-25-51)44-63(71)64-45-58(37-41-72(64)82)52-26-13-4-14-27-52)73(81-69-38-34-55(49-20-7-1-8-21-49)42-61(69)62-43-56(35-39-70(62)81)50-22-9-2-10-23-50)46-65-59-32-19-33-60(75(59)83-76(65)66)68-47-67(53-28-15-5-16-29-53)79-77(80-68)54-30-17-6-18-31-54/h1-47H. The van der Waals surface area contributed by atoms with Crippen molar-refractivity contribution in [3.63, 3.8) is 0 Å². The normalized spacial score (nSPS) is 11.6. The lowest BCUT2D eigenvalue weighted by Gasteiger charge is -2.19. The number of nitriles is 1. The zero-order valence-corrected chi connectivity index (χ0v) is 44.8. The molecule has 0 unspecified atom stereocenters. The highest BCUT2D eigenvalue weighted by atomic mass is 16.3. The monoisotopic (exact) mass is 1060 g/mol. The van der Waals surface area contributed by atoms with Crippen molar-refractivity contribution in [2.45, 2.75) is 0 Å². The van der Waals surface area contributed by atoms with Crippen molar-refractivity contribution in [1.82, 2.24) is 19.1 Å². The highest BCUT2D eigenvalue weighted by Crippen LogP contribution is 2.47. The van der Waals surface area contributed by atoms with E-state index >= 15 is 0 Å². The molecular formula is C77H47N5O. The lowest BCUT2D eigenvalue weighted by molar-refractivity contribution is 0.668. The number of para-hydroxylation sites is 1. The molecule has 12 aromatic carbocycles. The number of nitrogens with zero attached hydrogens (tertiary/aromatic N) is 5. The quantitative estimate of drug-likeness (QED) is 0.144. The number of fused-ring (bicyclic) bond motifs is 9. The molecule has 386 valence electrons. The van der Waals surface area contributed by atoms with Gasteiger partial charge in [0.2, 0.25) is 0 Å². The van der Waals surface area contributed by atoms with Crippen molar-refractivity contribution >= 4 is 65.6 Å². The fraction of sp³-hybridized carbons (Fsp3) is 0. The van der Waals surface area contributed by atoms with Crippen molar-refractivity contribution in [3.05, 3.63) is 291 Å². The van der Waals surface area contributed by atoms with E-state index in [9.17, 15) is 5.26 Å². The number of hydrogen-bond acceptors (Lipinski definition) is 4. The molecule has 16 aromatic rings. The summed E-state index contributed by atoms with van der Waals surface area (Å²) in [6.45, 7) is 0. The van der Waals surface area contributed by atoms with Crippen LogP contribution in [-0.4, -0.2) is 19.1 Å². The summed E-state index contributed by atoms with van der Waals surface area (Å²) in [7, 11) is 0. The van der Waals surface area contributed by atoms with Gasteiger partial charge >= 0.3 is 0 Å². The Morgan fingerprint density at radius 1 is 0.301 bits per heavy atom. The van der Waals surface area contributed by atoms with E-state index in [-0.39, 0.29) is 0 Å². The van der Waals surface area contributed by atoms with Crippen LogP contribution in [0.1, 0.15) is 5.56 Å². The van der Waals surface area contributed by atoms with Gasteiger partial charge in [0, 0.05) is 49.0 Å². The van der Waals surface area contributed by atoms with E-state index < -0.39 is 0 Å². The number of rotatable bonds is 9. The Kier molecular flexibility index (Phi) is 11.2. The van der Waals surface area contributed by atoms with Gasteiger partial charge in [-0.15, -0.1) is 0 Å². The Bertz CT molecular complexity index is 4980. The molecule has 0 aliphatic carbocycles. The van der Waals surface area contributed by atoms with Crippen LogP contribution in [0, 0.1) is 11.3 Å². The van der Waals surface area contributed by atoms with Gasteiger partial charge in [-0.2, -0.15) is 5.26 Å². The minimum absolute atomic E-state index is 0.409. The third-order valence-electron chi connectivity index (χ3n) is 16.4. The fourth-order valence-corrected chi connectivity index (χ4v) is 12.5.